The number of hydrogen-bond donors (Lipinski definition) is 2. The SMILES string of the molecule is CCOC(=O)NCc1cc(C(=O)Nc2c(Cl)cccc2Cl)ccn1. The number of amides is 2. The van der Waals surface area contributed by atoms with Crippen LogP contribution in [-0.2, 0) is 11.3 Å². The number of aromatic nitrogens is 1. The molecule has 0 aliphatic rings. The van der Waals surface area contributed by atoms with E-state index in [1.54, 1.807) is 37.3 Å². The molecule has 6 nitrogen and oxygen atoms in total. The Morgan fingerprint density at radius 1 is 1.21 bits per heavy atom. The van der Waals surface area contributed by atoms with E-state index in [9.17, 15) is 9.59 Å². The number of benzene rings is 1. The second-order valence-corrected chi connectivity index (χ2v) is 5.48. The second kappa shape index (κ2) is 8.52. The van der Waals surface area contributed by atoms with Gasteiger partial charge < -0.3 is 15.4 Å². The third kappa shape index (κ3) is 4.84. The number of nitrogens with one attached hydrogen (secondary N) is 2. The third-order valence-corrected chi connectivity index (χ3v) is 3.60. The first-order chi connectivity index (χ1) is 11.5. The van der Waals surface area contributed by atoms with Crippen molar-refractivity contribution >= 4 is 40.9 Å². The molecule has 1 aromatic carbocycles. The van der Waals surface area contributed by atoms with Crippen molar-refractivity contribution in [2.24, 2.45) is 0 Å². The van der Waals surface area contributed by atoms with Crippen molar-refractivity contribution in [1.82, 2.24) is 10.3 Å². The number of nitrogens with zero attached hydrogens (tertiary/aromatic N) is 1. The van der Waals surface area contributed by atoms with E-state index >= 15 is 0 Å². The van der Waals surface area contributed by atoms with Gasteiger partial charge in [-0.25, -0.2) is 4.79 Å². The summed E-state index contributed by atoms with van der Waals surface area (Å²) in [5, 5.41) is 5.88. The van der Waals surface area contributed by atoms with Crippen molar-refractivity contribution in [3.63, 3.8) is 0 Å². The lowest BCUT2D eigenvalue weighted by molar-refractivity contribution is 0.102. The van der Waals surface area contributed by atoms with Crippen molar-refractivity contribution in [2.45, 2.75) is 13.5 Å². The smallest absolute Gasteiger partial charge is 0.407 e. The number of carbonyl (C=O) groups excluding carboxylic acids is 2. The molecule has 2 N–H and O–H groups in total. The maximum atomic E-state index is 12.3. The van der Waals surface area contributed by atoms with Crippen molar-refractivity contribution in [1.29, 1.82) is 0 Å². The summed E-state index contributed by atoms with van der Waals surface area (Å²) in [5.41, 5.74) is 1.22. The van der Waals surface area contributed by atoms with Gasteiger partial charge in [-0.3, -0.25) is 9.78 Å². The van der Waals surface area contributed by atoms with Crippen LogP contribution in [0, 0.1) is 0 Å². The first-order valence-corrected chi connectivity index (χ1v) is 7.87. The Morgan fingerprint density at radius 3 is 2.58 bits per heavy atom. The summed E-state index contributed by atoms with van der Waals surface area (Å²) >= 11 is 12.1. The molecule has 0 saturated carbocycles. The van der Waals surface area contributed by atoms with Gasteiger partial charge in [-0.2, -0.15) is 0 Å². The summed E-state index contributed by atoms with van der Waals surface area (Å²) in [6, 6.07) is 8.06. The monoisotopic (exact) mass is 367 g/mol. The van der Waals surface area contributed by atoms with Crippen LogP contribution in [-0.4, -0.2) is 23.6 Å². The number of ether oxygens (including phenoxy) is 1. The van der Waals surface area contributed by atoms with Gasteiger partial charge in [0, 0.05) is 11.8 Å². The summed E-state index contributed by atoms with van der Waals surface area (Å²) < 4.78 is 4.76. The van der Waals surface area contributed by atoms with Gasteiger partial charge in [0.15, 0.2) is 0 Å². The van der Waals surface area contributed by atoms with Gasteiger partial charge in [0.05, 0.1) is 34.6 Å². The minimum atomic E-state index is -0.544. The van der Waals surface area contributed by atoms with Gasteiger partial charge >= 0.3 is 6.09 Å². The van der Waals surface area contributed by atoms with Crippen molar-refractivity contribution in [2.75, 3.05) is 11.9 Å². The van der Waals surface area contributed by atoms with Crippen LogP contribution in [0.1, 0.15) is 23.0 Å². The minimum Gasteiger partial charge on any atom is -0.450 e. The normalized spacial score (nSPS) is 10.1. The van der Waals surface area contributed by atoms with Crippen LogP contribution in [0.5, 0.6) is 0 Å². The summed E-state index contributed by atoms with van der Waals surface area (Å²) in [7, 11) is 0. The van der Waals surface area contributed by atoms with E-state index in [1.165, 1.54) is 6.20 Å². The Hall–Kier alpha value is -2.31. The number of halogens is 2. The van der Waals surface area contributed by atoms with Crippen molar-refractivity contribution in [3.05, 3.63) is 57.8 Å². The predicted octanol–water partition coefficient (Wildman–Crippen LogP) is 3.89. The average Bonchev–Trinajstić information content (AvgIpc) is 2.57. The quantitative estimate of drug-likeness (QED) is 0.839. The van der Waals surface area contributed by atoms with E-state index in [1.807, 2.05) is 0 Å². The molecule has 2 rings (SSSR count). The van der Waals surface area contributed by atoms with Crippen LogP contribution >= 0.6 is 23.2 Å². The van der Waals surface area contributed by atoms with Crippen LogP contribution in [0.15, 0.2) is 36.5 Å². The highest BCUT2D eigenvalue weighted by Crippen LogP contribution is 2.30. The number of rotatable bonds is 5. The zero-order chi connectivity index (χ0) is 17.5. The van der Waals surface area contributed by atoms with E-state index in [2.05, 4.69) is 15.6 Å². The zero-order valence-electron chi connectivity index (χ0n) is 12.8. The van der Waals surface area contributed by atoms with E-state index in [0.29, 0.717) is 27.0 Å². The van der Waals surface area contributed by atoms with E-state index in [4.69, 9.17) is 27.9 Å². The number of carbonyl (C=O) groups is 2. The van der Waals surface area contributed by atoms with Gasteiger partial charge in [-0.05, 0) is 31.2 Å². The topological polar surface area (TPSA) is 80.3 Å². The van der Waals surface area contributed by atoms with Gasteiger partial charge in [-0.1, -0.05) is 29.3 Å². The molecule has 0 aliphatic heterocycles. The Morgan fingerprint density at radius 2 is 1.92 bits per heavy atom. The molecule has 0 aliphatic carbocycles. The molecule has 2 aromatic rings. The molecule has 0 bridgehead atoms. The minimum absolute atomic E-state index is 0.146. The summed E-state index contributed by atoms with van der Waals surface area (Å²) in [5.74, 6) is -0.384. The molecule has 8 heteroatoms. The Bertz CT molecular complexity index is 733. The number of hydrogen-bond acceptors (Lipinski definition) is 4. The van der Waals surface area contributed by atoms with E-state index < -0.39 is 6.09 Å². The predicted molar refractivity (Wildman–Crippen MR) is 92.5 cm³/mol. The molecule has 0 fully saturated rings. The van der Waals surface area contributed by atoms with Crippen LogP contribution in [0.2, 0.25) is 10.0 Å². The van der Waals surface area contributed by atoms with Gasteiger partial charge in [0.2, 0.25) is 0 Å². The Kier molecular flexibility index (Phi) is 6.40. The summed E-state index contributed by atoms with van der Waals surface area (Å²) in [4.78, 5) is 27.7. The van der Waals surface area contributed by atoms with Gasteiger partial charge in [0.1, 0.15) is 0 Å². The molecular formula is C16H15Cl2N3O3. The van der Waals surface area contributed by atoms with Crippen LogP contribution in [0.25, 0.3) is 0 Å². The highest BCUT2D eigenvalue weighted by Gasteiger charge is 2.12. The highest BCUT2D eigenvalue weighted by atomic mass is 35.5. The maximum Gasteiger partial charge on any atom is 0.407 e. The first kappa shape index (κ1) is 18.0. The third-order valence-electron chi connectivity index (χ3n) is 2.97. The number of alkyl carbamates (subject to hydrolysis) is 1. The molecule has 0 spiro atoms. The molecule has 24 heavy (non-hydrogen) atoms. The first-order valence-electron chi connectivity index (χ1n) is 7.12. The largest absolute Gasteiger partial charge is 0.450 e. The Balaban J connectivity index is 2.07. The van der Waals surface area contributed by atoms with E-state index in [-0.39, 0.29) is 19.1 Å². The van der Waals surface area contributed by atoms with Crippen LogP contribution < -0.4 is 10.6 Å². The van der Waals surface area contributed by atoms with Crippen LogP contribution in [0.3, 0.4) is 0 Å². The van der Waals surface area contributed by atoms with E-state index in [0.717, 1.165) is 0 Å². The molecule has 126 valence electrons. The lowest BCUT2D eigenvalue weighted by Crippen LogP contribution is -2.24. The fourth-order valence-corrected chi connectivity index (χ4v) is 2.36. The Labute approximate surface area is 149 Å². The fraction of sp³-hybridized carbons (Fsp3) is 0.188. The zero-order valence-corrected chi connectivity index (χ0v) is 14.3. The number of para-hydroxylation sites is 1. The van der Waals surface area contributed by atoms with Crippen LogP contribution in [0.4, 0.5) is 10.5 Å². The molecule has 0 saturated heterocycles. The summed E-state index contributed by atoms with van der Waals surface area (Å²) in [6.07, 6.45) is 0.933. The van der Waals surface area contributed by atoms with Crippen molar-refractivity contribution < 1.29 is 14.3 Å². The highest BCUT2D eigenvalue weighted by molar-refractivity contribution is 6.40. The second-order valence-electron chi connectivity index (χ2n) is 4.66. The van der Waals surface area contributed by atoms with Gasteiger partial charge in [0.25, 0.3) is 5.91 Å². The van der Waals surface area contributed by atoms with Gasteiger partial charge in [-0.15, -0.1) is 0 Å². The lowest BCUT2D eigenvalue weighted by atomic mass is 10.2. The summed E-state index contributed by atoms with van der Waals surface area (Å²) in [6.45, 7) is 2.13. The molecule has 0 unspecified atom stereocenters. The average molecular weight is 368 g/mol. The molecule has 2 amide bonds. The number of pyridine rings is 1. The molecular weight excluding hydrogens is 353 g/mol. The fourth-order valence-electron chi connectivity index (χ4n) is 1.86. The maximum absolute atomic E-state index is 12.3. The molecule has 0 radical (unpaired) electrons. The standard InChI is InChI=1S/C16H15Cl2N3O3/c1-2-24-16(23)20-9-11-8-10(6-7-19-11)15(22)21-14-12(17)4-3-5-13(14)18/h3-8H,2,9H2,1H3,(H,20,23)(H,21,22). The molecule has 0 atom stereocenters. The van der Waals surface area contributed by atoms with Crippen molar-refractivity contribution in [3.8, 4) is 0 Å². The number of anilines is 1. The molecule has 1 aromatic heterocycles. The molecule has 1 heterocycles. The lowest BCUT2D eigenvalue weighted by Gasteiger charge is -2.10.